The van der Waals surface area contributed by atoms with E-state index in [0.29, 0.717) is 13.0 Å². The molecule has 128 valence electrons. The zero-order chi connectivity index (χ0) is 17.4. The fraction of sp³-hybridized carbons (Fsp3) is 0.381. The number of benzene rings is 2. The molecule has 0 N–H and O–H groups in total. The van der Waals surface area contributed by atoms with Gasteiger partial charge in [0.05, 0.1) is 7.11 Å². The lowest BCUT2D eigenvalue weighted by Gasteiger charge is -2.24. The number of ether oxygens (including phenoxy) is 2. The van der Waals surface area contributed by atoms with Crippen molar-refractivity contribution in [1.29, 1.82) is 0 Å². The first-order valence-corrected chi connectivity index (χ1v) is 8.31. The van der Waals surface area contributed by atoms with Gasteiger partial charge in [0.15, 0.2) is 0 Å². The summed E-state index contributed by atoms with van der Waals surface area (Å²) < 4.78 is 10.5. The Morgan fingerprint density at radius 3 is 2.25 bits per heavy atom. The number of esters is 1. The summed E-state index contributed by atoms with van der Waals surface area (Å²) in [4.78, 5) is 12.0. The SMILES string of the molecule is COc1ccc(CC(C)(C)CCC(=O)OCc2ccccc2)cc1. The van der Waals surface area contributed by atoms with Gasteiger partial charge in [0.1, 0.15) is 12.4 Å². The van der Waals surface area contributed by atoms with Gasteiger partial charge in [0, 0.05) is 6.42 Å². The van der Waals surface area contributed by atoms with Crippen LogP contribution < -0.4 is 4.74 Å². The molecule has 0 radical (unpaired) electrons. The molecule has 0 spiro atoms. The van der Waals surface area contributed by atoms with E-state index >= 15 is 0 Å². The Bertz CT molecular complexity index is 630. The zero-order valence-corrected chi connectivity index (χ0v) is 14.7. The lowest BCUT2D eigenvalue weighted by Crippen LogP contribution is -2.17. The maximum absolute atomic E-state index is 12.0. The second-order valence-corrected chi connectivity index (χ2v) is 6.84. The minimum absolute atomic E-state index is 0.0420. The summed E-state index contributed by atoms with van der Waals surface area (Å²) in [5, 5.41) is 0. The highest BCUT2D eigenvalue weighted by atomic mass is 16.5. The van der Waals surface area contributed by atoms with Crippen LogP contribution in [0.1, 0.15) is 37.8 Å². The third kappa shape index (κ3) is 6.07. The van der Waals surface area contributed by atoms with Crippen LogP contribution >= 0.6 is 0 Å². The molecule has 0 saturated carbocycles. The molecule has 0 aliphatic rings. The number of hydrogen-bond acceptors (Lipinski definition) is 3. The monoisotopic (exact) mass is 326 g/mol. The average Bonchev–Trinajstić information content (AvgIpc) is 2.59. The molecule has 0 aliphatic heterocycles. The van der Waals surface area contributed by atoms with Crippen molar-refractivity contribution in [3.8, 4) is 5.75 Å². The van der Waals surface area contributed by atoms with Gasteiger partial charge in [-0.25, -0.2) is 0 Å². The van der Waals surface area contributed by atoms with Crippen molar-refractivity contribution >= 4 is 5.97 Å². The Balaban J connectivity index is 1.77. The van der Waals surface area contributed by atoms with Crippen molar-refractivity contribution in [2.75, 3.05) is 7.11 Å². The van der Waals surface area contributed by atoms with Gasteiger partial charge in [-0.3, -0.25) is 4.79 Å². The quantitative estimate of drug-likeness (QED) is 0.654. The van der Waals surface area contributed by atoms with E-state index in [-0.39, 0.29) is 11.4 Å². The van der Waals surface area contributed by atoms with Crippen molar-refractivity contribution < 1.29 is 14.3 Å². The summed E-state index contributed by atoms with van der Waals surface area (Å²) in [7, 11) is 1.67. The van der Waals surface area contributed by atoms with Crippen LogP contribution in [-0.2, 0) is 22.6 Å². The van der Waals surface area contributed by atoms with E-state index in [9.17, 15) is 4.79 Å². The van der Waals surface area contributed by atoms with Crippen LogP contribution in [-0.4, -0.2) is 13.1 Å². The van der Waals surface area contributed by atoms with Crippen LogP contribution in [0.2, 0.25) is 0 Å². The lowest BCUT2D eigenvalue weighted by molar-refractivity contribution is -0.145. The Morgan fingerprint density at radius 1 is 0.958 bits per heavy atom. The lowest BCUT2D eigenvalue weighted by atomic mass is 9.81. The fourth-order valence-corrected chi connectivity index (χ4v) is 2.64. The first-order chi connectivity index (χ1) is 11.5. The molecule has 0 aliphatic carbocycles. The molecule has 0 unspecified atom stereocenters. The van der Waals surface area contributed by atoms with Crippen molar-refractivity contribution in [3.63, 3.8) is 0 Å². The van der Waals surface area contributed by atoms with Gasteiger partial charge in [-0.05, 0) is 41.5 Å². The van der Waals surface area contributed by atoms with Crippen molar-refractivity contribution in [2.45, 2.75) is 39.7 Å². The Kier molecular flexibility index (Phi) is 6.42. The van der Waals surface area contributed by atoms with Crippen molar-refractivity contribution in [2.24, 2.45) is 5.41 Å². The third-order valence-corrected chi connectivity index (χ3v) is 4.09. The van der Waals surface area contributed by atoms with Gasteiger partial charge >= 0.3 is 5.97 Å². The van der Waals surface area contributed by atoms with Crippen molar-refractivity contribution in [3.05, 3.63) is 65.7 Å². The molecule has 3 heteroatoms. The van der Waals surface area contributed by atoms with Gasteiger partial charge in [-0.2, -0.15) is 0 Å². The molecule has 0 bridgehead atoms. The molecule has 0 saturated heterocycles. The van der Waals surface area contributed by atoms with Crippen LogP contribution in [0.25, 0.3) is 0 Å². The first kappa shape index (κ1) is 18.1. The molecule has 24 heavy (non-hydrogen) atoms. The van der Waals surface area contributed by atoms with Crippen LogP contribution in [0.5, 0.6) is 5.75 Å². The second kappa shape index (κ2) is 8.53. The van der Waals surface area contributed by atoms with Gasteiger partial charge in [0.2, 0.25) is 0 Å². The van der Waals surface area contributed by atoms with E-state index in [1.807, 2.05) is 42.5 Å². The summed E-state index contributed by atoms with van der Waals surface area (Å²) >= 11 is 0. The van der Waals surface area contributed by atoms with Crippen LogP contribution in [0.3, 0.4) is 0 Å². The molecule has 2 aromatic rings. The number of rotatable bonds is 8. The molecule has 0 heterocycles. The molecule has 0 atom stereocenters. The van der Waals surface area contributed by atoms with E-state index in [2.05, 4.69) is 26.0 Å². The van der Waals surface area contributed by atoms with E-state index in [4.69, 9.17) is 9.47 Å². The highest BCUT2D eigenvalue weighted by Crippen LogP contribution is 2.28. The van der Waals surface area contributed by atoms with E-state index in [1.54, 1.807) is 7.11 Å². The Labute approximate surface area is 144 Å². The highest BCUT2D eigenvalue weighted by Gasteiger charge is 2.20. The molecule has 3 nitrogen and oxygen atoms in total. The maximum atomic E-state index is 12.0. The van der Waals surface area contributed by atoms with Crippen molar-refractivity contribution in [1.82, 2.24) is 0 Å². The topological polar surface area (TPSA) is 35.5 Å². The largest absolute Gasteiger partial charge is 0.497 e. The standard InChI is InChI=1S/C21H26O3/c1-21(2,15-17-9-11-19(23-3)12-10-17)14-13-20(22)24-16-18-7-5-4-6-8-18/h4-12H,13-16H2,1-3H3. The molecule has 0 fully saturated rings. The number of carbonyl (C=O) groups is 1. The molecule has 2 aromatic carbocycles. The van der Waals surface area contributed by atoms with Gasteiger partial charge < -0.3 is 9.47 Å². The zero-order valence-electron chi connectivity index (χ0n) is 14.7. The van der Waals surface area contributed by atoms with Crippen LogP contribution in [0.4, 0.5) is 0 Å². The summed E-state index contributed by atoms with van der Waals surface area (Å²) in [5.74, 6) is 0.725. The molecular weight excluding hydrogens is 300 g/mol. The minimum Gasteiger partial charge on any atom is -0.497 e. The average molecular weight is 326 g/mol. The van der Waals surface area contributed by atoms with E-state index in [1.165, 1.54) is 5.56 Å². The maximum Gasteiger partial charge on any atom is 0.306 e. The van der Waals surface area contributed by atoms with Gasteiger partial charge in [0.25, 0.3) is 0 Å². The third-order valence-electron chi connectivity index (χ3n) is 4.09. The summed E-state index contributed by atoms with van der Waals surface area (Å²) in [5.41, 5.74) is 2.31. The molecular formula is C21H26O3. The fourth-order valence-electron chi connectivity index (χ4n) is 2.64. The highest BCUT2D eigenvalue weighted by molar-refractivity contribution is 5.69. The Hall–Kier alpha value is -2.29. The van der Waals surface area contributed by atoms with Gasteiger partial charge in [-0.1, -0.05) is 56.3 Å². The molecule has 2 rings (SSSR count). The summed E-state index contributed by atoms with van der Waals surface area (Å²) in [6.45, 7) is 4.71. The Morgan fingerprint density at radius 2 is 1.62 bits per heavy atom. The van der Waals surface area contributed by atoms with E-state index < -0.39 is 0 Å². The summed E-state index contributed by atoms with van der Waals surface area (Å²) in [6.07, 6.45) is 2.16. The molecule has 0 aromatic heterocycles. The summed E-state index contributed by atoms with van der Waals surface area (Å²) in [6, 6.07) is 17.9. The molecule has 0 amide bonds. The smallest absolute Gasteiger partial charge is 0.306 e. The van der Waals surface area contributed by atoms with Crippen LogP contribution in [0.15, 0.2) is 54.6 Å². The van der Waals surface area contributed by atoms with E-state index in [0.717, 1.165) is 24.2 Å². The minimum atomic E-state index is -0.137. The predicted octanol–water partition coefficient (Wildman–Crippen LogP) is 4.79. The number of carbonyl (C=O) groups excluding carboxylic acids is 1. The number of methoxy groups -OCH3 is 1. The predicted molar refractivity (Wildman–Crippen MR) is 96.0 cm³/mol. The first-order valence-electron chi connectivity index (χ1n) is 8.31. The second-order valence-electron chi connectivity index (χ2n) is 6.84. The van der Waals surface area contributed by atoms with Crippen LogP contribution in [0, 0.1) is 5.41 Å². The number of hydrogen-bond donors (Lipinski definition) is 0. The normalized spacial score (nSPS) is 11.1. The van der Waals surface area contributed by atoms with Gasteiger partial charge in [-0.15, -0.1) is 0 Å².